The van der Waals surface area contributed by atoms with Gasteiger partial charge in [-0.25, -0.2) is 24.3 Å². The zero-order chi connectivity index (χ0) is 32.1. The monoisotopic (exact) mass is 632 g/mol. The number of carboxylic acids is 1. The van der Waals surface area contributed by atoms with Crippen LogP contribution in [0.3, 0.4) is 0 Å². The SMILES string of the molecule is C(=Cc1nc2c(N3CCOCC3)ccnn2c1-c1ccc(N2CCNCC2)nc1)c1ccc2ccccc2n1.O=C(O)C(F)(F)F. The van der Waals surface area contributed by atoms with Crippen LogP contribution in [0, 0.1) is 0 Å². The van der Waals surface area contributed by atoms with Crippen LogP contribution >= 0.6 is 0 Å². The van der Waals surface area contributed by atoms with Gasteiger partial charge in [0.05, 0.1) is 42.0 Å². The molecule has 0 spiro atoms. The highest BCUT2D eigenvalue weighted by Crippen LogP contribution is 2.31. The summed E-state index contributed by atoms with van der Waals surface area (Å²) in [5.74, 6) is -1.76. The second-order valence-electron chi connectivity index (χ2n) is 10.6. The highest BCUT2D eigenvalue weighted by molar-refractivity contribution is 5.84. The Balaban J connectivity index is 0.000000480. The van der Waals surface area contributed by atoms with Crippen LogP contribution in [0.15, 0.2) is 67.0 Å². The molecule has 2 N–H and O–H groups in total. The largest absolute Gasteiger partial charge is 0.490 e. The Morgan fingerprint density at radius 3 is 2.39 bits per heavy atom. The van der Waals surface area contributed by atoms with Gasteiger partial charge in [-0.1, -0.05) is 24.3 Å². The van der Waals surface area contributed by atoms with Gasteiger partial charge in [-0.05, 0) is 42.5 Å². The molecule has 1 aromatic carbocycles. The molecule has 11 nitrogen and oxygen atoms in total. The van der Waals surface area contributed by atoms with Crippen LogP contribution in [0.25, 0.3) is 40.0 Å². The first-order valence-electron chi connectivity index (χ1n) is 14.7. The predicted molar refractivity (Wildman–Crippen MR) is 169 cm³/mol. The average molecular weight is 633 g/mol. The smallest absolute Gasteiger partial charge is 0.475 e. The highest BCUT2D eigenvalue weighted by Gasteiger charge is 2.38. The molecule has 0 bridgehead atoms. The van der Waals surface area contributed by atoms with Crippen LogP contribution < -0.4 is 15.1 Å². The number of aromatic nitrogens is 5. The Kier molecular flexibility index (Phi) is 9.08. The Bertz CT molecular complexity index is 1850. The van der Waals surface area contributed by atoms with E-state index < -0.39 is 12.1 Å². The number of imidazole rings is 1. The van der Waals surface area contributed by atoms with Crippen molar-refractivity contribution >= 4 is 46.2 Å². The van der Waals surface area contributed by atoms with Gasteiger partial charge in [-0.2, -0.15) is 18.3 Å². The number of nitrogens with one attached hydrogen (secondary N) is 1. The first kappa shape index (κ1) is 30.9. The number of benzene rings is 1. The molecule has 2 aliphatic heterocycles. The van der Waals surface area contributed by atoms with Gasteiger partial charge in [0.15, 0.2) is 5.65 Å². The second kappa shape index (κ2) is 13.5. The molecular formula is C32H31F3N8O3. The summed E-state index contributed by atoms with van der Waals surface area (Å²) >= 11 is 0. The molecule has 5 aromatic rings. The number of piperazine rings is 1. The molecule has 0 amide bonds. The number of nitrogens with zero attached hydrogens (tertiary/aromatic N) is 7. The van der Waals surface area contributed by atoms with E-state index in [0.29, 0.717) is 13.2 Å². The van der Waals surface area contributed by atoms with Crippen molar-refractivity contribution in [3.05, 3.63) is 78.4 Å². The molecule has 238 valence electrons. The molecule has 2 fully saturated rings. The first-order valence-corrected chi connectivity index (χ1v) is 14.7. The molecule has 0 saturated carbocycles. The molecule has 14 heteroatoms. The van der Waals surface area contributed by atoms with E-state index in [2.05, 4.69) is 39.4 Å². The van der Waals surface area contributed by atoms with E-state index in [1.54, 1.807) is 0 Å². The number of hydrogen-bond donors (Lipinski definition) is 2. The van der Waals surface area contributed by atoms with Crippen molar-refractivity contribution in [1.82, 2.24) is 29.9 Å². The standard InChI is InChI=1S/C30H30N8O.C2HF3O2/c1-2-4-25-22(3-1)5-7-24(34-25)8-9-26-29(23-6-10-28(32-21-23)37-15-13-31-14-16-37)38-30(35-26)27(11-12-33-38)36-17-19-39-20-18-36;3-2(4,5)1(6)7/h1-12,21,31H,13-20H2;(H,6,7). The quantitative estimate of drug-likeness (QED) is 0.289. The normalized spacial score (nSPS) is 15.7. The third-order valence-electron chi connectivity index (χ3n) is 7.61. The number of carbonyl (C=O) groups is 1. The summed E-state index contributed by atoms with van der Waals surface area (Å²) in [6.07, 6.45) is 2.77. The molecule has 0 aliphatic carbocycles. The van der Waals surface area contributed by atoms with E-state index in [9.17, 15) is 13.2 Å². The minimum atomic E-state index is -5.08. The van der Waals surface area contributed by atoms with E-state index in [4.69, 9.17) is 34.7 Å². The van der Waals surface area contributed by atoms with Gasteiger partial charge in [-0.15, -0.1) is 0 Å². The summed E-state index contributed by atoms with van der Waals surface area (Å²) in [4.78, 5) is 28.3. The van der Waals surface area contributed by atoms with Crippen molar-refractivity contribution in [1.29, 1.82) is 0 Å². The van der Waals surface area contributed by atoms with Crippen molar-refractivity contribution in [2.45, 2.75) is 6.18 Å². The van der Waals surface area contributed by atoms with Crippen molar-refractivity contribution in [2.24, 2.45) is 0 Å². The summed E-state index contributed by atoms with van der Waals surface area (Å²) in [6.45, 7) is 6.94. The summed E-state index contributed by atoms with van der Waals surface area (Å²) in [6, 6.07) is 18.6. The number of pyridine rings is 2. The zero-order valence-electron chi connectivity index (χ0n) is 24.7. The van der Waals surface area contributed by atoms with Crippen LogP contribution in [0.5, 0.6) is 0 Å². The van der Waals surface area contributed by atoms with Gasteiger partial charge in [0, 0.05) is 56.4 Å². The number of rotatable bonds is 5. The number of alkyl halides is 3. The van der Waals surface area contributed by atoms with Crippen LogP contribution in [-0.2, 0) is 9.53 Å². The summed E-state index contributed by atoms with van der Waals surface area (Å²) in [5.41, 5.74) is 6.45. The zero-order valence-corrected chi connectivity index (χ0v) is 24.7. The van der Waals surface area contributed by atoms with E-state index in [1.807, 2.05) is 59.4 Å². The lowest BCUT2D eigenvalue weighted by Gasteiger charge is -2.28. The minimum Gasteiger partial charge on any atom is -0.475 e. The Hall–Kier alpha value is -5.08. The van der Waals surface area contributed by atoms with E-state index in [-0.39, 0.29) is 0 Å². The number of aliphatic carboxylic acids is 1. The lowest BCUT2D eigenvalue weighted by molar-refractivity contribution is -0.192. The molecule has 0 unspecified atom stereocenters. The van der Waals surface area contributed by atoms with E-state index in [0.717, 1.165) is 90.0 Å². The lowest BCUT2D eigenvalue weighted by Crippen LogP contribution is -2.43. The number of ether oxygens (including phenoxy) is 1. The fraction of sp³-hybridized carbons (Fsp3) is 0.281. The molecular weight excluding hydrogens is 601 g/mol. The Labute approximate surface area is 262 Å². The van der Waals surface area contributed by atoms with Crippen molar-refractivity contribution in [3.63, 3.8) is 0 Å². The highest BCUT2D eigenvalue weighted by atomic mass is 19.4. The number of anilines is 2. The van der Waals surface area contributed by atoms with Crippen molar-refractivity contribution in [3.8, 4) is 11.3 Å². The molecule has 2 aliphatic rings. The number of para-hydroxylation sites is 1. The molecule has 2 saturated heterocycles. The molecule has 4 aromatic heterocycles. The first-order chi connectivity index (χ1) is 22.3. The Morgan fingerprint density at radius 1 is 0.913 bits per heavy atom. The van der Waals surface area contributed by atoms with Crippen LogP contribution in [0.2, 0.25) is 0 Å². The fourth-order valence-corrected chi connectivity index (χ4v) is 5.34. The maximum absolute atomic E-state index is 10.6. The molecule has 0 atom stereocenters. The number of hydrogen-bond acceptors (Lipinski definition) is 9. The fourth-order valence-electron chi connectivity index (χ4n) is 5.34. The van der Waals surface area contributed by atoms with Gasteiger partial charge in [0.1, 0.15) is 11.5 Å². The average Bonchev–Trinajstić information content (AvgIpc) is 3.46. The number of carboxylic acid groups (broad SMARTS) is 1. The van der Waals surface area contributed by atoms with Gasteiger partial charge >= 0.3 is 12.1 Å². The second-order valence-corrected chi connectivity index (χ2v) is 10.6. The van der Waals surface area contributed by atoms with E-state index in [1.165, 1.54) is 0 Å². The Morgan fingerprint density at radius 2 is 1.67 bits per heavy atom. The molecule has 6 heterocycles. The summed E-state index contributed by atoms with van der Waals surface area (Å²) in [7, 11) is 0. The molecule has 46 heavy (non-hydrogen) atoms. The van der Waals surface area contributed by atoms with E-state index >= 15 is 0 Å². The third kappa shape index (κ3) is 6.92. The van der Waals surface area contributed by atoms with Crippen LogP contribution in [0.1, 0.15) is 11.4 Å². The van der Waals surface area contributed by atoms with Gasteiger partial charge in [0.2, 0.25) is 0 Å². The number of morpholine rings is 1. The van der Waals surface area contributed by atoms with Crippen molar-refractivity contribution < 1.29 is 27.8 Å². The molecule has 0 radical (unpaired) electrons. The maximum atomic E-state index is 10.6. The van der Waals surface area contributed by atoms with Crippen LogP contribution in [0.4, 0.5) is 24.7 Å². The third-order valence-corrected chi connectivity index (χ3v) is 7.61. The lowest BCUT2D eigenvalue weighted by atomic mass is 10.1. The van der Waals surface area contributed by atoms with Gasteiger partial charge in [-0.3, -0.25) is 0 Å². The number of fused-ring (bicyclic) bond motifs is 2. The van der Waals surface area contributed by atoms with Crippen molar-refractivity contribution in [2.75, 3.05) is 62.3 Å². The summed E-state index contributed by atoms with van der Waals surface area (Å²) in [5, 5.41) is 16.4. The number of halogens is 3. The minimum absolute atomic E-state index is 0.708. The van der Waals surface area contributed by atoms with Crippen LogP contribution in [-0.4, -0.2) is 94.3 Å². The predicted octanol–water partition coefficient (Wildman–Crippen LogP) is 4.39. The molecule has 7 rings (SSSR count). The topological polar surface area (TPSA) is 121 Å². The van der Waals surface area contributed by atoms with Gasteiger partial charge < -0.3 is 25.0 Å². The maximum Gasteiger partial charge on any atom is 0.490 e. The van der Waals surface area contributed by atoms with Gasteiger partial charge in [0.25, 0.3) is 0 Å². The summed E-state index contributed by atoms with van der Waals surface area (Å²) < 4.78 is 39.3.